The van der Waals surface area contributed by atoms with Crippen molar-refractivity contribution in [2.75, 3.05) is 12.4 Å². The average molecular weight is 273 g/mol. The van der Waals surface area contributed by atoms with Crippen LogP contribution in [0.4, 0.5) is 5.69 Å². The second kappa shape index (κ2) is 6.15. The maximum atomic E-state index is 5.64. The third-order valence-corrected chi connectivity index (χ3v) is 2.90. The van der Waals surface area contributed by atoms with Gasteiger partial charge < -0.3 is 15.8 Å². The highest BCUT2D eigenvalue weighted by molar-refractivity contribution is 7.80. The number of nitrogens with two attached hydrogens (primary N) is 1. The minimum atomic E-state index is 0.281. The van der Waals surface area contributed by atoms with Gasteiger partial charge >= 0.3 is 0 Å². The van der Waals surface area contributed by atoms with Crippen LogP contribution < -0.4 is 15.8 Å². The minimum absolute atomic E-state index is 0.281. The van der Waals surface area contributed by atoms with Gasteiger partial charge in [0.1, 0.15) is 16.4 Å². The highest BCUT2D eigenvalue weighted by Gasteiger charge is 2.07. The maximum Gasteiger partial charge on any atom is 0.124 e. The molecular formula is C14H15N3OS. The van der Waals surface area contributed by atoms with Gasteiger partial charge in [0.2, 0.25) is 0 Å². The number of ether oxygens (including phenoxy) is 1. The zero-order valence-electron chi connectivity index (χ0n) is 10.6. The number of pyridine rings is 1. The minimum Gasteiger partial charge on any atom is -0.496 e. The van der Waals surface area contributed by atoms with Crippen LogP contribution in [-0.2, 0) is 6.54 Å². The van der Waals surface area contributed by atoms with E-state index in [2.05, 4.69) is 10.3 Å². The first-order valence-electron chi connectivity index (χ1n) is 5.83. The van der Waals surface area contributed by atoms with E-state index in [1.54, 1.807) is 13.3 Å². The normalized spacial score (nSPS) is 9.95. The number of aromatic nitrogens is 1. The fourth-order valence-electron chi connectivity index (χ4n) is 1.78. The van der Waals surface area contributed by atoms with E-state index in [4.69, 9.17) is 22.7 Å². The summed E-state index contributed by atoms with van der Waals surface area (Å²) in [5.41, 5.74) is 8.13. The van der Waals surface area contributed by atoms with E-state index in [-0.39, 0.29) is 4.99 Å². The third kappa shape index (κ3) is 3.20. The molecule has 0 atom stereocenters. The van der Waals surface area contributed by atoms with Gasteiger partial charge in [-0.05, 0) is 18.2 Å². The molecule has 0 radical (unpaired) electrons. The van der Waals surface area contributed by atoms with Gasteiger partial charge in [-0.2, -0.15) is 0 Å². The van der Waals surface area contributed by atoms with E-state index in [0.717, 1.165) is 17.0 Å². The summed E-state index contributed by atoms with van der Waals surface area (Å²) in [6.07, 6.45) is 1.67. The molecule has 0 spiro atoms. The number of nitrogens with zero attached hydrogens (tertiary/aromatic N) is 1. The first-order valence-corrected chi connectivity index (χ1v) is 6.24. The summed E-state index contributed by atoms with van der Waals surface area (Å²) in [6, 6.07) is 11.6. The lowest BCUT2D eigenvalue weighted by atomic mass is 10.2. The van der Waals surface area contributed by atoms with E-state index < -0.39 is 0 Å². The maximum absolute atomic E-state index is 5.64. The van der Waals surface area contributed by atoms with E-state index in [0.29, 0.717) is 12.2 Å². The molecule has 3 N–H and O–H groups in total. The Morgan fingerprint density at radius 3 is 2.84 bits per heavy atom. The summed E-state index contributed by atoms with van der Waals surface area (Å²) >= 11 is 4.98. The number of para-hydroxylation sites is 1. The van der Waals surface area contributed by atoms with Gasteiger partial charge in [0, 0.05) is 18.3 Å². The van der Waals surface area contributed by atoms with Crippen LogP contribution in [-0.4, -0.2) is 17.1 Å². The van der Waals surface area contributed by atoms with Crippen molar-refractivity contribution < 1.29 is 4.74 Å². The Labute approximate surface area is 117 Å². The number of benzene rings is 1. The summed E-state index contributed by atoms with van der Waals surface area (Å²) in [7, 11) is 1.66. The molecule has 0 aliphatic heterocycles. The second-order valence-corrected chi connectivity index (χ2v) is 4.37. The SMILES string of the molecule is COc1ccccc1CNc1cccnc1C(N)=S. The van der Waals surface area contributed by atoms with Crippen LogP contribution in [0.2, 0.25) is 0 Å². The molecule has 1 heterocycles. The fourth-order valence-corrected chi connectivity index (χ4v) is 1.95. The van der Waals surface area contributed by atoms with Crippen molar-refractivity contribution in [1.82, 2.24) is 4.98 Å². The van der Waals surface area contributed by atoms with Crippen molar-refractivity contribution in [3.8, 4) is 5.75 Å². The van der Waals surface area contributed by atoms with Crippen LogP contribution in [0.5, 0.6) is 5.75 Å². The first kappa shape index (κ1) is 13.3. The van der Waals surface area contributed by atoms with Gasteiger partial charge in [-0.25, -0.2) is 0 Å². The van der Waals surface area contributed by atoms with Crippen molar-refractivity contribution in [3.05, 3.63) is 53.9 Å². The average Bonchev–Trinajstić information content (AvgIpc) is 2.45. The topological polar surface area (TPSA) is 60.2 Å². The largest absolute Gasteiger partial charge is 0.496 e. The van der Waals surface area contributed by atoms with Gasteiger partial charge in [-0.1, -0.05) is 30.4 Å². The fraction of sp³-hybridized carbons (Fsp3) is 0.143. The van der Waals surface area contributed by atoms with Crippen molar-refractivity contribution in [3.63, 3.8) is 0 Å². The molecule has 1 aromatic carbocycles. The van der Waals surface area contributed by atoms with E-state index in [1.165, 1.54) is 0 Å². The molecule has 0 saturated carbocycles. The zero-order valence-corrected chi connectivity index (χ0v) is 11.4. The number of hydrogen-bond donors (Lipinski definition) is 2. The molecule has 5 heteroatoms. The highest BCUT2D eigenvalue weighted by Crippen LogP contribution is 2.20. The third-order valence-electron chi connectivity index (χ3n) is 2.70. The van der Waals surface area contributed by atoms with E-state index in [1.807, 2.05) is 36.4 Å². The molecule has 0 aliphatic rings. The number of thiocarbonyl (C=S) groups is 1. The summed E-state index contributed by atoms with van der Waals surface area (Å²) in [5.74, 6) is 0.843. The van der Waals surface area contributed by atoms with Crippen molar-refractivity contribution in [2.24, 2.45) is 5.73 Å². The molecule has 2 rings (SSSR count). The number of hydrogen-bond acceptors (Lipinski definition) is 4. The predicted octanol–water partition coefficient (Wildman–Crippen LogP) is 2.34. The standard InChI is InChI=1S/C14H15N3OS/c1-18-12-7-3-2-5-10(12)9-17-11-6-4-8-16-13(11)14(15)19/h2-8,17H,9H2,1H3,(H2,15,19). The Morgan fingerprint density at radius 1 is 1.32 bits per heavy atom. The summed E-state index contributed by atoms with van der Waals surface area (Å²) < 4.78 is 5.31. The Morgan fingerprint density at radius 2 is 2.11 bits per heavy atom. The van der Waals surface area contributed by atoms with Gasteiger partial charge in [0.25, 0.3) is 0 Å². The van der Waals surface area contributed by atoms with Crippen LogP contribution in [0, 0.1) is 0 Å². The molecule has 98 valence electrons. The summed E-state index contributed by atoms with van der Waals surface area (Å²) in [5, 5.41) is 3.28. The lowest BCUT2D eigenvalue weighted by molar-refractivity contribution is 0.410. The van der Waals surface area contributed by atoms with E-state index in [9.17, 15) is 0 Å². The van der Waals surface area contributed by atoms with Crippen molar-refractivity contribution >= 4 is 22.9 Å². The smallest absolute Gasteiger partial charge is 0.124 e. The molecular weight excluding hydrogens is 258 g/mol. The Bertz CT molecular complexity index is 586. The predicted molar refractivity (Wildman–Crippen MR) is 80.4 cm³/mol. The number of nitrogens with one attached hydrogen (secondary N) is 1. The number of rotatable bonds is 5. The van der Waals surface area contributed by atoms with Crippen LogP contribution in [0.25, 0.3) is 0 Å². The molecule has 0 aliphatic carbocycles. The van der Waals surface area contributed by atoms with Gasteiger partial charge in [0.15, 0.2) is 0 Å². The number of methoxy groups -OCH3 is 1. The van der Waals surface area contributed by atoms with Gasteiger partial charge in [-0.3, -0.25) is 4.98 Å². The van der Waals surface area contributed by atoms with Crippen LogP contribution >= 0.6 is 12.2 Å². The second-order valence-electron chi connectivity index (χ2n) is 3.93. The number of anilines is 1. The molecule has 0 fully saturated rings. The van der Waals surface area contributed by atoms with Gasteiger partial charge in [0.05, 0.1) is 12.8 Å². The molecule has 0 unspecified atom stereocenters. The Kier molecular flexibility index (Phi) is 4.30. The molecule has 0 bridgehead atoms. The highest BCUT2D eigenvalue weighted by atomic mass is 32.1. The summed E-state index contributed by atoms with van der Waals surface area (Å²) in [6.45, 7) is 0.616. The molecule has 0 amide bonds. The van der Waals surface area contributed by atoms with Crippen LogP contribution in [0.3, 0.4) is 0 Å². The zero-order chi connectivity index (χ0) is 13.7. The summed E-state index contributed by atoms with van der Waals surface area (Å²) in [4.78, 5) is 4.45. The Balaban J connectivity index is 2.17. The monoisotopic (exact) mass is 273 g/mol. The van der Waals surface area contributed by atoms with E-state index >= 15 is 0 Å². The molecule has 0 saturated heterocycles. The quantitative estimate of drug-likeness (QED) is 0.819. The first-order chi connectivity index (χ1) is 9.22. The lowest BCUT2D eigenvalue weighted by Crippen LogP contribution is -2.15. The van der Waals surface area contributed by atoms with Crippen molar-refractivity contribution in [2.45, 2.75) is 6.54 Å². The van der Waals surface area contributed by atoms with Gasteiger partial charge in [-0.15, -0.1) is 0 Å². The molecule has 2 aromatic rings. The Hall–Kier alpha value is -2.14. The van der Waals surface area contributed by atoms with Crippen LogP contribution in [0.1, 0.15) is 11.3 Å². The van der Waals surface area contributed by atoms with Crippen LogP contribution in [0.15, 0.2) is 42.6 Å². The molecule has 1 aromatic heterocycles. The lowest BCUT2D eigenvalue weighted by Gasteiger charge is -2.12. The molecule has 4 nitrogen and oxygen atoms in total. The molecule has 19 heavy (non-hydrogen) atoms. The van der Waals surface area contributed by atoms with Crippen molar-refractivity contribution in [1.29, 1.82) is 0 Å².